The minimum atomic E-state index is -0.407. The Morgan fingerprint density at radius 1 is 1.00 bits per heavy atom. The molecule has 4 aliphatic rings. The van der Waals surface area contributed by atoms with Crippen LogP contribution in [-0.2, 0) is 0 Å². The highest BCUT2D eigenvalue weighted by atomic mass is 16.3. The van der Waals surface area contributed by atoms with Gasteiger partial charge in [-0.3, -0.25) is 0 Å². The molecule has 1 nitrogen and oxygen atoms in total. The third-order valence-electron chi connectivity index (χ3n) is 11.4. The number of aliphatic hydroxyl groups excluding tert-OH is 1. The van der Waals surface area contributed by atoms with Gasteiger partial charge in [-0.2, -0.15) is 0 Å². The SMILES string of the molecule is C=C(C1=CCC2(C)C3CCC4(C)C(C(C)CCCC(C)C)CCC4C3CC[C@H]2C1)C(C)O. The molecular formula is C31H52O. The molecule has 0 spiro atoms. The predicted molar refractivity (Wildman–Crippen MR) is 137 cm³/mol. The molecule has 0 aromatic rings. The lowest BCUT2D eigenvalue weighted by Gasteiger charge is -2.60. The predicted octanol–water partition coefficient (Wildman–Crippen LogP) is 8.58. The largest absolute Gasteiger partial charge is 0.389 e. The van der Waals surface area contributed by atoms with Crippen LogP contribution in [-0.4, -0.2) is 11.2 Å². The summed E-state index contributed by atoms with van der Waals surface area (Å²) < 4.78 is 0. The van der Waals surface area contributed by atoms with E-state index in [9.17, 15) is 5.11 Å². The molecule has 0 aliphatic heterocycles. The van der Waals surface area contributed by atoms with Crippen LogP contribution in [0.25, 0.3) is 0 Å². The minimum absolute atomic E-state index is 0.407. The topological polar surface area (TPSA) is 20.2 Å². The molecule has 0 aromatic heterocycles. The zero-order valence-corrected chi connectivity index (χ0v) is 22.1. The van der Waals surface area contributed by atoms with E-state index in [1.54, 1.807) is 0 Å². The fourth-order valence-electron chi connectivity index (χ4n) is 9.44. The summed E-state index contributed by atoms with van der Waals surface area (Å²) in [5, 5.41) is 10.1. The maximum atomic E-state index is 10.1. The zero-order valence-electron chi connectivity index (χ0n) is 22.1. The lowest BCUT2D eigenvalue weighted by Crippen LogP contribution is -2.53. The van der Waals surface area contributed by atoms with Gasteiger partial charge in [0.2, 0.25) is 0 Å². The average molecular weight is 441 g/mol. The Kier molecular flexibility index (Phi) is 7.09. The van der Waals surface area contributed by atoms with Crippen molar-refractivity contribution in [1.29, 1.82) is 0 Å². The third-order valence-corrected chi connectivity index (χ3v) is 11.4. The van der Waals surface area contributed by atoms with E-state index in [2.05, 4.69) is 47.3 Å². The first-order valence-electron chi connectivity index (χ1n) is 14.1. The maximum absolute atomic E-state index is 10.1. The van der Waals surface area contributed by atoms with Crippen molar-refractivity contribution in [2.75, 3.05) is 0 Å². The molecule has 0 bridgehead atoms. The molecule has 1 heteroatoms. The van der Waals surface area contributed by atoms with E-state index in [1.165, 1.54) is 69.8 Å². The molecule has 4 rings (SSSR count). The highest BCUT2D eigenvalue weighted by Gasteiger charge is 2.60. The van der Waals surface area contributed by atoms with Crippen LogP contribution in [0.5, 0.6) is 0 Å². The maximum Gasteiger partial charge on any atom is 0.0758 e. The van der Waals surface area contributed by atoms with Crippen molar-refractivity contribution in [3.05, 3.63) is 23.8 Å². The molecule has 3 saturated carbocycles. The lowest BCUT2D eigenvalue weighted by molar-refractivity contribution is -0.101. The summed E-state index contributed by atoms with van der Waals surface area (Å²) in [5.41, 5.74) is 3.39. The van der Waals surface area contributed by atoms with Crippen molar-refractivity contribution < 1.29 is 5.11 Å². The van der Waals surface area contributed by atoms with E-state index in [-0.39, 0.29) is 0 Å². The van der Waals surface area contributed by atoms with E-state index in [1.807, 2.05) is 6.92 Å². The number of hydrogen-bond acceptors (Lipinski definition) is 1. The Balaban J connectivity index is 1.47. The zero-order chi connectivity index (χ0) is 23.3. The van der Waals surface area contributed by atoms with Crippen LogP contribution < -0.4 is 0 Å². The Bertz CT molecular complexity index is 716. The van der Waals surface area contributed by atoms with E-state index in [0.29, 0.717) is 10.8 Å². The summed E-state index contributed by atoms with van der Waals surface area (Å²) in [6.07, 6.45) is 17.5. The Morgan fingerprint density at radius 2 is 1.72 bits per heavy atom. The second-order valence-corrected chi connectivity index (χ2v) is 13.5. The molecule has 9 atom stereocenters. The fourth-order valence-corrected chi connectivity index (χ4v) is 9.44. The highest BCUT2D eigenvalue weighted by Crippen LogP contribution is 2.68. The summed E-state index contributed by atoms with van der Waals surface area (Å²) in [5.74, 6) is 6.33. The molecular weight excluding hydrogens is 388 g/mol. The highest BCUT2D eigenvalue weighted by molar-refractivity contribution is 5.34. The number of rotatable bonds is 7. The molecule has 182 valence electrons. The van der Waals surface area contributed by atoms with E-state index in [0.717, 1.165) is 53.4 Å². The Morgan fingerprint density at radius 3 is 2.41 bits per heavy atom. The number of allylic oxidation sites excluding steroid dienone is 1. The molecule has 32 heavy (non-hydrogen) atoms. The molecule has 0 radical (unpaired) electrons. The van der Waals surface area contributed by atoms with Crippen molar-refractivity contribution in [2.45, 2.75) is 118 Å². The minimum Gasteiger partial charge on any atom is -0.389 e. The van der Waals surface area contributed by atoms with Gasteiger partial charge in [0.25, 0.3) is 0 Å². The van der Waals surface area contributed by atoms with Crippen LogP contribution in [0.2, 0.25) is 0 Å². The van der Waals surface area contributed by atoms with E-state index in [4.69, 9.17) is 0 Å². The number of aliphatic hydroxyl groups is 1. The van der Waals surface area contributed by atoms with Gasteiger partial charge in [-0.15, -0.1) is 0 Å². The van der Waals surface area contributed by atoms with Crippen LogP contribution in [0, 0.1) is 52.3 Å². The standard InChI is InChI=1S/C31H52O/c1-20(2)9-8-10-21(3)27-13-14-28-26-12-11-25-19-24(22(4)23(5)32)15-17-30(25,6)29(26)16-18-31(27,28)7/h15,20-21,23,25-29,32H,4,8-14,16-19H2,1-3,5-7H3/t21?,23?,25-,26?,27?,28?,29?,30?,31?/m0/s1. The van der Waals surface area contributed by atoms with Gasteiger partial charge in [-0.25, -0.2) is 0 Å². The second kappa shape index (κ2) is 9.24. The first kappa shape index (κ1) is 24.6. The van der Waals surface area contributed by atoms with Crippen LogP contribution in [0.15, 0.2) is 23.8 Å². The van der Waals surface area contributed by atoms with Gasteiger partial charge in [-0.1, -0.05) is 66.5 Å². The quantitative estimate of drug-likeness (QED) is 0.420. The second-order valence-electron chi connectivity index (χ2n) is 13.5. The Labute approximate surface area is 199 Å². The fraction of sp³-hybridized carbons (Fsp3) is 0.871. The van der Waals surface area contributed by atoms with Crippen molar-refractivity contribution in [3.63, 3.8) is 0 Å². The van der Waals surface area contributed by atoms with Crippen LogP contribution in [0.1, 0.15) is 112 Å². The van der Waals surface area contributed by atoms with Gasteiger partial charge >= 0.3 is 0 Å². The first-order chi connectivity index (χ1) is 15.1. The average Bonchev–Trinajstić information content (AvgIpc) is 3.09. The number of fused-ring (bicyclic) bond motifs is 5. The molecule has 0 amide bonds. The van der Waals surface area contributed by atoms with Gasteiger partial charge in [0.1, 0.15) is 0 Å². The summed E-state index contributed by atoms with van der Waals surface area (Å²) in [7, 11) is 0. The summed E-state index contributed by atoms with van der Waals surface area (Å²) in [6, 6.07) is 0. The molecule has 3 fully saturated rings. The van der Waals surface area contributed by atoms with E-state index >= 15 is 0 Å². The Hall–Kier alpha value is -0.560. The van der Waals surface area contributed by atoms with Gasteiger partial charge in [0.15, 0.2) is 0 Å². The van der Waals surface area contributed by atoms with Gasteiger partial charge < -0.3 is 5.11 Å². The normalized spacial score (nSPS) is 43.1. The molecule has 8 unspecified atom stereocenters. The summed E-state index contributed by atoms with van der Waals surface area (Å²) >= 11 is 0. The molecule has 4 aliphatic carbocycles. The first-order valence-corrected chi connectivity index (χ1v) is 14.1. The molecule has 0 saturated heterocycles. The van der Waals surface area contributed by atoms with Crippen molar-refractivity contribution in [1.82, 2.24) is 0 Å². The van der Waals surface area contributed by atoms with Crippen LogP contribution >= 0.6 is 0 Å². The lowest BCUT2D eigenvalue weighted by atomic mass is 9.44. The third kappa shape index (κ3) is 4.18. The van der Waals surface area contributed by atoms with Gasteiger partial charge in [0.05, 0.1) is 6.10 Å². The van der Waals surface area contributed by atoms with Crippen molar-refractivity contribution in [2.24, 2.45) is 52.3 Å². The number of hydrogen-bond donors (Lipinski definition) is 1. The van der Waals surface area contributed by atoms with Crippen molar-refractivity contribution in [3.8, 4) is 0 Å². The molecule has 1 N–H and O–H groups in total. The summed E-state index contributed by atoms with van der Waals surface area (Å²) in [4.78, 5) is 0. The van der Waals surface area contributed by atoms with E-state index < -0.39 is 6.10 Å². The smallest absolute Gasteiger partial charge is 0.0758 e. The molecule has 0 heterocycles. The summed E-state index contributed by atoms with van der Waals surface area (Å²) in [6.45, 7) is 18.8. The monoisotopic (exact) mass is 440 g/mol. The molecule has 0 aromatic carbocycles. The van der Waals surface area contributed by atoms with Crippen molar-refractivity contribution >= 4 is 0 Å². The van der Waals surface area contributed by atoms with Gasteiger partial charge in [0, 0.05) is 0 Å². The van der Waals surface area contributed by atoms with Crippen LogP contribution in [0.4, 0.5) is 0 Å². The van der Waals surface area contributed by atoms with Gasteiger partial charge in [-0.05, 0) is 122 Å². The van der Waals surface area contributed by atoms with Crippen LogP contribution in [0.3, 0.4) is 0 Å².